The molecule has 0 bridgehead atoms. The van der Waals surface area contributed by atoms with Gasteiger partial charge in [0.2, 0.25) is 0 Å². The van der Waals surface area contributed by atoms with E-state index in [1.54, 1.807) is 0 Å². The summed E-state index contributed by atoms with van der Waals surface area (Å²) >= 11 is 0. The normalized spacial score (nSPS) is 13.5. The lowest BCUT2D eigenvalue weighted by Crippen LogP contribution is -1.93. The smallest absolute Gasteiger partial charge is 0.146 e. The van der Waals surface area contributed by atoms with Crippen LogP contribution in [0.15, 0.2) is 97.1 Å². The molecule has 0 unspecified atom stereocenters. The Morgan fingerprint density at radius 2 is 1.29 bits per heavy atom. The van der Waals surface area contributed by atoms with Crippen molar-refractivity contribution in [3.63, 3.8) is 0 Å². The van der Waals surface area contributed by atoms with Gasteiger partial charge in [-0.1, -0.05) is 78.9 Å². The Hall–Kier alpha value is -4.43. The average molecular weight is 445 g/mol. The molecule has 5 aromatic carbocycles. The zero-order chi connectivity index (χ0) is 22.7. The minimum atomic E-state index is 0.959. The highest BCUT2D eigenvalue weighted by atomic mass is 15.0. The Morgan fingerprint density at radius 3 is 2.23 bits per heavy atom. The number of hydrogen-bond acceptors (Lipinski definition) is 1. The van der Waals surface area contributed by atoms with Crippen molar-refractivity contribution in [3.05, 3.63) is 119 Å². The summed E-state index contributed by atoms with van der Waals surface area (Å²) in [7, 11) is 0. The van der Waals surface area contributed by atoms with Crippen LogP contribution in [-0.4, -0.2) is 9.38 Å². The van der Waals surface area contributed by atoms with Gasteiger partial charge in [-0.2, -0.15) is 0 Å². The second-order valence-corrected chi connectivity index (χ2v) is 9.97. The van der Waals surface area contributed by atoms with Gasteiger partial charge < -0.3 is 0 Å². The average Bonchev–Trinajstić information content (AvgIpc) is 3.58. The van der Waals surface area contributed by atoms with Crippen LogP contribution in [0, 0.1) is 0 Å². The molecule has 2 heterocycles. The lowest BCUT2D eigenvalue weighted by Gasteiger charge is -2.10. The summed E-state index contributed by atoms with van der Waals surface area (Å²) in [6, 6.07) is 35.7. The monoisotopic (exact) mass is 444 g/mol. The summed E-state index contributed by atoms with van der Waals surface area (Å²) in [6.07, 6.45) is 2.00. The zero-order valence-electron chi connectivity index (χ0n) is 19.0. The molecule has 2 aliphatic rings. The highest BCUT2D eigenvalue weighted by Gasteiger charge is 2.28. The Balaban J connectivity index is 1.40. The quantitative estimate of drug-likeness (QED) is 0.217. The number of fused-ring (bicyclic) bond motifs is 15. The van der Waals surface area contributed by atoms with Crippen molar-refractivity contribution >= 4 is 38.4 Å². The molecule has 7 aromatic rings. The van der Waals surface area contributed by atoms with Crippen LogP contribution in [0.2, 0.25) is 0 Å². The molecule has 0 N–H and O–H groups in total. The Labute approximate surface area is 202 Å². The third kappa shape index (κ3) is 2.18. The molecule has 2 aliphatic carbocycles. The predicted octanol–water partition coefficient (Wildman–Crippen LogP) is 7.94. The summed E-state index contributed by atoms with van der Waals surface area (Å²) in [5.74, 6) is 0. The van der Waals surface area contributed by atoms with Gasteiger partial charge in [-0.05, 0) is 74.5 Å². The maximum Gasteiger partial charge on any atom is 0.146 e. The summed E-state index contributed by atoms with van der Waals surface area (Å²) in [4.78, 5) is 5.19. The van der Waals surface area contributed by atoms with Crippen molar-refractivity contribution in [2.24, 2.45) is 0 Å². The molecule has 35 heavy (non-hydrogen) atoms. The van der Waals surface area contributed by atoms with E-state index in [0.29, 0.717) is 0 Å². The van der Waals surface area contributed by atoms with E-state index in [9.17, 15) is 0 Å². The van der Waals surface area contributed by atoms with Crippen LogP contribution in [-0.2, 0) is 12.8 Å². The molecule has 9 rings (SSSR count). The van der Waals surface area contributed by atoms with Crippen molar-refractivity contribution in [1.29, 1.82) is 0 Å². The lowest BCUT2D eigenvalue weighted by atomic mass is 9.98. The van der Waals surface area contributed by atoms with Gasteiger partial charge >= 0.3 is 0 Å². The first-order valence-electron chi connectivity index (χ1n) is 12.3. The van der Waals surface area contributed by atoms with Crippen LogP contribution in [0.3, 0.4) is 0 Å². The van der Waals surface area contributed by atoms with Gasteiger partial charge in [0.05, 0.1) is 16.6 Å². The third-order valence-corrected chi connectivity index (χ3v) is 8.20. The molecule has 2 aromatic heterocycles. The summed E-state index contributed by atoms with van der Waals surface area (Å²) < 4.78 is 2.42. The molecule has 0 fully saturated rings. The topological polar surface area (TPSA) is 17.3 Å². The minimum absolute atomic E-state index is 0.959. The van der Waals surface area contributed by atoms with Crippen molar-refractivity contribution in [1.82, 2.24) is 9.38 Å². The fourth-order valence-corrected chi connectivity index (χ4v) is 6.71. The van der Waals surface area contributed by atoms with Crippen molar-refractivity contribution in [2.45, 2.75) is 12.8 Å². The maximum absolute atomic E-state index is 5.19. The molecule has 162 valence electrons. The highest BCUT2D eigenvalue weighted by Crippen LogP contribution is 2.47. The molecule has 0 saturated carbocycles. The summed E-state index contributed by atoms with van der Waals surface area (Å²) in [5, 5.41) is 3.75. The van der Waals surface area contributed by atoms with E-state index >= 15 is 0 Å². The first-order valence-corrected chi connectivity index (χ1v) is 12.3. The number of benzene rings is 5. The van der Waals surface area contributed by atoms with Gasteiger partial charge in [0, 0.05) is 17.2 Å². The second kappa shape index (κ2) is 6.17. The SMILES string of the molecule is c1ccc2c(c1)Cc1cc3c(cc1-2)-c1ccc2nc4c5ccccc5c5ccccc5n4c2c1C3. The maximum atomic E-state index is 5.19. The Bertz CT molecular complexity index is 2060. The van der Waals surface area contributed by atoms with Crippen molar-refractivity contribution in [3.8, 4) is 22.3 Å². The molecule has 2 heteroatoms. The van der Waals surface area contributed by atoms with E-state index < -0.39 is 0 Å². The Kier molecular flexibility index (Phi) is 3.16. The predicted molar refractivity (Wildman–Crippen MR) is 144 cm³/mol. The fourth-order valence-electron chi connectivity index (χ4n) is 6.71. The van der Waals surface area contributed by atoms with E-state index in [0.717, 1.165) is 24.0 Å². The molecule has 0 saturated heterocycles. The fraction of sp³-hybridized carbons (Fsp3) is 0.0606. The van der Waals surface area contributed by atoms with Gasteiger partial charge in [0.25, 0.3) is 0 Å². The molecule has 0 aliphatic heterocycles. The molecule has 0 radical (unpaired) electrons. The number of para-hydroxylation sites is 1. The van der Waals surface area contributed by atoms with Crippen LogP contribution in [0.25, 0.3) is 60.6 Å². The molecular weight excluding hydrogens is 424 g/mol. The van der Waals surface area contributed by atoms with Gasteiger partial charge in [-0.25, -0.2) is 4.98 Å². The number of aromatic nitrogens is 2. The van der Waals surface area contributed by atoms with Gasteiger partial charge in [-0.15, -0.1) is 0 Å². The molecule has 0 atom stereocenters. The van der Waals surface area contributed by atoms with Crippen LogP contribution in [0.1, 0.15) is 22.3 Å². The van der Waals surface area contributed by atoms with Crippen LogP contribution >= 0.6 is 0 Å². The van der Waals surface area contributed by atoms with Gasteiger partial charge in [-0.3, -0.25) is 4.40 Å². The van der Waals surface area contributed by atoms with Crippen molar-refractivity contribution < 1.29 is 0 Å². The number of rotatable bonds is 0. The standard InChI is InChI=1S/C33H20N2/c1-2-8-22-19(7-1)15-20-16-21-17-29-24(28(21)18-27(20)22)13-14-30-32(29)35-31-12-6-5-10-25(31)23-9-3-4-11-26(23)33(35)34-30/h1-14,16,18H,15,17H2. The number of pyridine rings is 1. The van der Waals surface area contributed by atoms with E-state index in [1.165, 1.54) is 71.7 Å². The van der Waals surface area contributed by atoms with Crippen LogP contribution < -0.4 is 0 Å². The van der Waals surface area contributed by atoms with E-state index in [2.05, 4.69) is 101 Å². The summed E-state index contributed by atoms with van der Waals surface area (Å²) in [5.41, 5.74) is 15.9. The Morgan fingerprint density at radius 1 is 0.543 bits per heavy atom. The van der Waals surface area contributed by atoms with Gasteiger partial charge in [0.15, 0.2) is 0 Å². The molecule has 0 spiro atoms. The number of hydrogen-bond donors (Lipinski definition) is 0. The largest absolute Gasteiger partial charge is 0.291 e. The van der Waals surface area contributed by atoms with E-state index in [-0.39, 0.29) is 0 Å². The first kappa shape index (κ1) is 18.0. The second-order valence-electron chi connectivity index (χ2n) is 9.97. The van der Waals surface area contributed by atoms with Crippen molar-refractivity contribution in [2.75, 3.05) is 0 Å². The van der Waals surface area contributed by atoms with E-state index in [1.807, 2.05) is 0 Å². The zero-order valence-corrected chi connectivity index (χ0v) is 19.0. The number of imidazole rings is 1. The first-order chi connectivity index (χ1) is 17.3. The number of nitrogens with zero attached hydrogens (tertiary/aromatic N) is 2. The molecule has 0 amide bonds. The van der Waals surface area contributed by atoms with Crippen LogP contribution in [0.4, 0.5) is 0 Å². The summed E-state index contributed by atoms with van der Waals surface area (Å²) in [6.45, 7) is 0. The van der Waals surface area contributed by atoms with E-state index in [4.69, 9.17) is 4.98 Å². The third-order valence-electron chi connectivity index (χ3n) is 8.20. The minimum Gasteiger partial charge on any atom is -0.291 e. The highest BCUT2D eigenvalue weighted by molar-refractivity contribution is 6.14. The lowest BCUT2D eigenvalue weighted by molar-refractivity contribution is 1.21. The molecule has 2 nitrogen and oxygen atoms in total. The van der Waals surface area contributed by atoms with Gasteiger partial charge in [0.1, 0.15) is 5.65 Å². The van der Waals surface area contributed by atoms with Crippen LogP contribution in [0.5, 0.6) is 0 Å². The molecular formula is C33H20N2.